The van der Waals surface area contributed by atoms with Crippen LogP contribution in [0.2, 0.25) is 0 Å². The van der Waals surface area contributed by atoms with Gasteiger partial charge in [0, 0.05) is 43.9 Å². The zero-order valence-electron chi connectivity index (χ0n) is 25.7. The zero-order chi connectivity index (χ0) is 31.6. The van der Waals surface area contributed by atoms with E-state index in [2.05, 4.69) is 95.6 Å². The maximum absolute atomic E-state index is 6.47. The normalized spacial score (nSPS) is 11.8. The number of rotatable bonds is 4. The fourth-order valence-corrected chi connectivity index (χ4v) is 6.91. The molecule has 0 aliphatic heterocycles. The first-order valence-electron chi connectivity index (χ1n) is 16.0. The Bertz CT molecular complexity index is 2780. The second-order valence-electron chi connectivity index (χ2n) is 12.1. The van der Waals surface area contributed by atoms with E-state index in [4.69, 9.17) is 19.4 Å². The Hall–Kier alpha value is -6.59. The summed E-state index contributed by atoms with van der Waals surface area (Å²) in [6, 6.07) is 54.6. The fraction of sp³-hybridized carbons (Fsp3) is 0. The van der Waals surface area contributed by atoms with Gasteiger partial charge in [-0.2, -0.15) is 0 Å². The molecule has 0 amide bonds. The molecule has 0 spiro atoms. The topological polar surface area (TPSA) is 56.7 Å². The second kappa shape index (κ2) is 10.5. The summed E-state index contributed by atoms with van der Waals surface area (Å²) in [5.41, 5.74) is 7.82. The van der Waals surface area contributed by atoms with Crippen LogP contribution in [0, 0.1) is 0 Å². The first kappa shape index (κ1) is 26.6. The molecule has 0 saturated heterocycles. The van der Waals surface area contributed by atoms with Crippen LogP contribution in [0.25, 0.3) is 94.4 Å². The molecule has 3 heterocycles. The average molecular weight is 615 g/mol. The molecule has 5 heteroatoms. The highest BCUT2D eigenvalue weighted by molar-refractivity contribution is 6.14. The standard InChI is InChI=1S/C43H26N4O/c1-3-11-27(12-4-1)41-44-42(28-13-5-2-6-14-28)46-43(45-41)31-19-21-34-36-26-32(20-22-39(36)48-40(34)25-31)47-37-18-10-9-17-33(37)35-23-29-15-7-8-16-30(29)24-38(35)47/h1-26H. The Morgan fingerprint density at radius 1 is 0.375 bits per heavy atom. The van der Waals surface area contributed by atoms with Gasteiger partial charge >= 0.3 is 0 Å². The van der Waals surface area contributed by atoms with Crippen molar-refractivity contribution >= 4 is 54.5 Å². The lowest BCUT2D eigenvalue weighted by Gasteiger charge is -2.09. The van der Waals surface area contributed by atoms with Crippen molar-refractivity contribution in [2.45, 2.75) is 0 Å². The van der Waals surface area contributed by atoms with Crippen molar-refractivity contribution < 1.29 is 4.42 Å². The van der Waals surface area contributed by atoms with Crippen LogP contribution >= 0.6 is 0 Å². The van der Waals surface area contributed by atoms with Gasteiger partial charge in [0.25, 0.3) is 0 Å². The van der Waals surface area contributed by atoms with E-state index < -0.39 is 0 Å². The molecule has 5 nitrogen and oxygen atoms in total. The van der Waals surface area contributed by atoms with Crippen molar-refractivity contribution in [2.24, 2.45) is 0 Å². The van der Waals surface area contributed by atoms with Crippen LogP contribution in [-0.2, 0) is 0 Å². The number of aromatic nitrogens is 4. The van der Waals surface area contributed by atoms with E-state index in [1.807, 2.05) is 66.7 Å². The summed E-state index contributed by atoms with van der Waals surface area (Å²) in [6.45, 7) is 0. The SMILES string of the molecule is c1ccc(-c2nc(-c3ccccc3)nc(-c3ccc4c(c3)oc3ccc(-n5c6ccccc6c6cc7ccccc7cc65)cc34)n2)cc1. The summed E-state index contributed by atoms with van der Waals surface area (Å²) in [4.78, 5) is 14.7. The minimum absolute atomic E-state index is 0.600. The Morgan fingerprint density at radius 3 is 1.73 bits per heavy atom. The number of hydrogen-bond acceptors (Lipinski definition) is 4. The molecule has 0 radical (unpaired) electrons. The molecule has 224 valence electrons. The molecule has 3 aromatic heterocycles. The van der Waals surface area contributed by atoms with E-state index in [1.165, 1.54) is 32.6 Å². The first-order valence-corrected chi connectivity index (χ1v) is 16.0. The lowest BCUT2D eigenvalue weighted by molar-refractivity contribution is 0.669. The lowest BCUT2D eigenvalue weighted by atomic mass is 10.1. The summed E-state index contributed by atoms with van der Waals surface area (Å²) >= 11 is 0. The monoisotopic (exact) mass is 614 g/mol. The Morgan fingerprint density at radius 2 is 1.00 bits per heavy atom. The maximum Gasteiger partial charge on any atom is 0.164 e. The quantitative estimate of drug-likeness (QED) is 0.198. The third-order valence-electron chi connectivity index (χ3n) is 9.21. The molecule has 7 aromatic carbocycles. The molecule has 48 heavy (non-hydrogen) atoms. The van der Waals surface area contributed by atoms with Crippen LogP contribution < -0.4 is 0 Å². The third kappa shape index (κ3) is 4.22. The molecule has 0 aliphatic carbocycles. The van der Waals surface area contributed by atoms with E-state index >= 15 is 0 Å². The number of furan rings is 1. The molecule has 0 N–H and O–H groups in total. The van der Waals surface area contributed by atoms with E-state index in [9.17, 15) is 0 Å². The van der Waals surface area contributed by atoms with Crippen LogP contribution in [0.3, 0.4) is 0 Å². The summed E-state index contributed by atoms with van der Waals surface area (Å²) < 4.78 is 8.83. The third-order valence-corrected chi connectivity index (χ3v) is 9.21. The molecule has 10 aromatic rings. The minimum atomic E-state index is 0.600. The first-order chi connectivity index (χ1) is 23.8. The predicted molar refractivity (Wildman–Crippen MR) is 195 cm³/mol. The fourth-order valence-electron chi connectivity index (χ4n) is 6.91. The Labute approximate surface area is 275 Å². The molecular formula is C43H26N4O. The van der Waals surface area contributed by atoms with E-state index in [-0.39, 0.29) is 0 Å². The van der Waals surface area contributed by atoms with Gasteiger partial charge in [0.05, 0.1) is 11.0 Å². The summed E-state index contributed by atoms with van der Waals surface area (Å²) in [5, 5.41) is 7.05. The van der Waals surface area contributed by atoms with Gasteiger partial charge in [-0.1, -0.05) is 109 Å². The van der Waals surface area contributed by atoms with Crippen molar-refractivity contribution in [1.29, 1.82) is 0 Å². The van der Waals surface area contributed by atoms with Gasteiger partial charge in [-0.25, -0.2) is 15.0 Å². The number of fused-ring (bicyclic) bond motifs is 7. The molecule has 0 bridgehead atoms. The van der Waals surface area contributed by atoms with Gasteiger partial charge in [0.2, 0.25) is 0 Å². The average Bonchev–Trinajstić information content (AvgIpc) is 3.68. The Balaban J connectivity index is 1.14. The van der Waals surface area contributed by atoms with Crippen molar-refractivity contribution in [1.82, 2.24) is 19.5 Å². The molecular weight excluding hydrogens is 589 g/mol. The van der Waals surface area contributed by atoms with Gasteiger partial charge < -0.3 is 8.98 Å². The number of hydrogen-bond donors (Lipinski definition) is 0. The van der Waals surface area contributed by atoms with Crippen molar-refractivity contribution in [3.63, 3.8) is 0 Å². The number of benzene rings is 7. The smallest absolute Gasteiger partial charge is 0.164 e. The lowest BCUT2D eigenvalue weighted by Crippen LogP contribution is -2.00. The summed E-state index contributed by atoms with van der Waals surface area (Å²) in [6.07, 6.45) is 0. The highest BCUT2D eigenvalue weighted by atomic mass is 16.3. The maximum atomic E-state index is 6.47. The largest absolute Gasteiger partial charge is 0.456 e. The van der Waals surface area contributed by atoms with Crippen LogP contribution in [0.1, 0.15) is 0 Å². The zero-order valence-corrected chi connectivity index (χ0v) is 25.7. The molecule has 10 rings (SSSR count). The Kier molecular flexibility index (Phi) is 5.81. The van der Waals surface area contributed by atoms with Gasteiger partial charge in [0.1, 0.15) is 11.2 Å². The van der Waals surface area contributed by atoms with Crippen molar-refractivity contribution in [3.05, 3.63) is 158 Å². The molecule has 0 unspecified atom stereocenters. The highest BCUT2D eigenvalue weighted by Crippen LogP contribution is 2.38. The van der Waals surface area contributed by atoms with Gasteiger partial charge in [-0.3, -0.25) is 0 Å². The van der Waals surface area contributed by atoms with Gasteiger partial charge in [0.15, 0.2) is 17.5 Å². The van der Waals surface area contributed by atoms with Crippen molar-refractivity contribution in [2.75, 3.05) is 0 Å². The van der Waals surface area contributed by atoms with E-state index in [1.54, 1.807) is 0 Å². The molecule has 0 aliphatic rings. The van der Waals surface area contributed by atoms with Crippen molar-refractivity contribution in [3.8, 4) is 39.9 Å². The van der Waals surface area contributed by atoms with Crippen LogP contribution in [0.5, 0.6) is 0 Å². The molecule has 0 fully saturated rings. The van der Waals surface area contributed by atoms with E-state index in [0.717, 1.165) is 44.3 Å². The van der Waals surface area contributed by atoms with Crippen LogP contribution in [-0.4, -0.2) is 19.5 Å². The van der Waals surface area contributed by atoms with Crippen LogP contribution in [0.15, 0.2) is 162 Å². The highest BCUT2D eigenvalue weighted by Gasteiger charge is 2.17. The van der Waals surface area contributed by atoms with Gasteiger partial charge in [-0.15, -0.1) is 0 Å². The molecule has 0 atom stereocenters. The number of nitrogens with zero attached hydrogens (tertiary/aromatic N) is 4. The van der Waals surface area contributed by atoms with Crippen LogP contribution in [0.4, 0.5) is 0 Å². The predicted octanol–water partition coefficient (Wildman–Crippen LogP) is 11.0. The van der Waals surface area contributed by atoms with Gasteiger partial charge in [-0.05, 0) is 59.3 Å². The summed E-state index contributed by atoms with van der Waals surface area (Å²) in [5.74, 6) is 1.86. The minimum Gasteiger partial charge on any atom is -0.456 e. The number of para-hydroxylation sites is 1. The summed E-state index contributed by atoms with van der Waals surface area (Å²) in [7, 11) is 0. The van der Waals surface area contributed by atoms with E-state index in [0.29, 0.717) is 17.5 Å². The molecule has 0 saturated carbocycles. The second-order valence-corrected chi connectivity index (χ2v) is 12.1.